The molecule has 13 heavy (non-hydrogen) atoms. The molecule has 0 aliphatic carbocycles. The number of carbonyl (C=O) groups is 2. The summed E-state index contributed by atoms with van der Waals surface area (Å²) in [7, 11) is 0. The number of carboxylic acids is 1. The predicted octanol–water partition coefficient (Wildman–Crippen LogP) is -1.39. The van der Waals surface area contributed by atoms with Crippen LogP contribution in [0.1, 0.15) is 6.42 Å². The highest BCUT2D eigenvalue weighted by Crippen LogP contribution is 1.94. The maximum Gasteiger partial charge on any atom is 0.326 e. The lowest BCUT2D eigenvalue weighted by Gasteiger charge is -2.10. The first-order valence-electron chi connectivity index (χ1n) is 3.17. The van der Waals surface area contributed by atoms with E-state index in [0.717, 1.165) is 0 Å². The lowest BCUT2D eigenvalue weighted by atomic mass is 10.2. The van der Waals surface area contributed by atoms with Gasteiger partial charge in [0.25, 0.3) is 5.91 Å². The smallest absolute Gasteiger partial charge is 0.326 e. The van der Waals surface area contributed by atoms with E-state index in [1.165, 1.54) is 0 Å². The van der Waals surface area contributed by atoms with Gasteiger partial charge >= 0.3 is 5.97 Å². The second kappa shape index (κ2) is 4.80. The number of nitroso groups, excluding NO2 is 1. The fourth-order valence-corrected chi connectivity index (χ4v) is 0.600. The molecule has 0 aromatic carbocycles. The van der Waals surface area contributed by atoms with Crippen LogP contribution in [0, 0.1) is 10.3 Å². The van der Waals surface area contributed by atoms with E-state index in [9.17, 15) is 14.5 Å². The number of hydrogen-bond acceptors (Lipinski definition) is 4. The Kier molecular flexibility index (Phi) is 4.07. The lowest BCUT2D eigenvalue weighted by molar-refractivity contribution is -0.140. The summed E-state index contributed by atoms with van der Waals surface area (Å²) in [6.07, 6.45) is -0.627. The topological polar surface area (TPSA) is 146 Å². The van der Waals surface area contributed by atoms with E-state index in [0.29, 0.717) is 0 Å². The molecule has 1 amide bonds. The molecule has 5 N–H and O–H groups in total. The lowest BCUT2D eigenvalue weighted by Crippen LogP contribution is -2.45. The molecule has 0 aliphatic heterocycles. The molecule has 72 valence electrons. The SMILES string of the molecule is N=C(N)NC(CC(=O)N=O)C(=O)O. The van der Waals surface area contributed by atoms with Crippen molar-refractivity contribution in [2.75, 3.05) is 0 Å². The first-order chi connectivity index (χ1) is 5.97. The van der Waals surface area contributed by atoms with E-state index in [1.54, 1.807) is 0 Å². The number of guanidine groups is 1. The van der Waals surface area contributed by atoms with Crippen molar-refractivity contribution in [3.8, 4) is 0 Å². The Labute approximate surface area is 72.6 Å². The molecular weight excluding hydrogens is 180 g/mol. The molecule has 0 radical (unpaired) electrons. The summed E-state index contributed by atoms with van der Waals surface area (Å²) in [5.74, 6) is -3.08. The van der Waals surface area contributed by atoms with Gasteiger partial charge in [-0.05, 0) is 0 Å². The number of nitrogens with one attached hydrogen (secondary N) is 2. The molecule has 1 unspecified atom stereocenters. The van der Waals surface area contributed by atoms with E-state index in [2.05, 4.69) is 0 Å². The van der Waals surface area contributed by atoms with Gasteiger partial charge in [0.15, 0.2) is 5.96 Å². The van der Waals surface area contributed by atoms with E-state index < -0.39 is 30.3 Å². The van der Waals surface area contributed by atoms with E-state index >= 15 is 0 Å². The number of nitrogens with two attached hydrogens (primary N) is 1. The molecule has 0 saturated heterocycles. The Balaban J connectivity index is 4.26. The summed E-state index contributed by atoms with van der Waals surface area (Å²) < 4.78 is 0. The van der Waals surface area contributed by atoms with Gasteiger partial charge in [0, 0.05) is 5.18 Å². The zero-order valence-electron chi connectivity index (χ0n) is 6.48. The fourth-order valence-electron chi connectivity index (χ4n) is 0.600. The molecular formula is C5H8N4O4. The number of hydrogen-bond donors (Lipinski definition) is 4. The Hall–Kier alpha value is -1.99. The van der Waals surface area contributed by atoms with Crippen LogP contribution in [-0.2, 0) is 9.59 Å². The number of carbonyl (C=O) groups excluding carboxylic acids is 1. The predicted molar refractivity (Wildman–Crippen MR) is 41.9 cm³/mol. The van der Waals surface area contributed by atoms with Gasteiger partial charge in [0.2, 0.25) is 0 Å². The largest absolute Gasteiger partial charge is 0.480 e. The normalized spacial score (nSPS) is 11.4. The van der Waals surface area contributed by atoms with E-state index in [4.69, 9.17) is 16.2 Å². The first kappa shape index (κ1) is 11.0. The van der Waals surface area contributed by atoms with Crippen LogP contribution in [0.25, 0.3) is 0 Å². The van der Waals surface area contributed by atoms with Crippen molar-refractivity contribution in [1.82, 2.24) is 5.32 Å². The Morgan fingerprint density at radius 2 is 2.15 bits per heavy atom. The van der Waals surface area contributed by atoms with Crippen molar-refractivity contribution < 1.29 is 14.7 Å². The van der Waals surface area contributed by atoms with Crippen LogP contribution in [0.2, 0.25) is 0 Å². The minimum absolute atomic E-state index is 0.592. The zero-order valence-corrected chi connectivity index (χ0v) is 6.48. The zero-order chi connectivity index (χ0) is 10.4. The third kappa shape index (κ3) is 4.45. The van der Waals surface area contributed by atoms with Crippen LogP contribution in [0.3, 0.4) is 0 Å². The number of nitrogens with zero attached hydrogens (tertiary/aromatic N) is 1. The van der Waals surface area contributed by atoms with Gasteiger partial charge in [-0.25, -0.2) is 4.79 Å². The van der Waals surface area contributed by atoms with E-state index in [1.807, 2.05) is 10.5 Å². The summed E-state index contributed by atoms with van der Waals surface area (Å²) in [6.45, 7) is 0. The summed E-state index contributed by atoms with van der Waals surface area (Å²) in [6, 6.07) is -1.39. The average Bonchev–Trinajstić information content (AvgIpc) is 2.02. The maximum atomic E-state index is 10.4. The molecule has 1 atom stereocenters. The van der Waals surface area contributed by atoms with Crippen LogP contribution < -0.4 is 11.1 Å². The molecule has 0 aliphatic rings. The minimum atomic E-state index is -1.39. The number of aliphatic carboxylic acids is 1. The second-order valence-electron chi connectivity index (χ2n) is 2.14. The summed E-state index contributed by atoms with van der Waals surface area (Å²) in [5, 5.41) is 19.2. The van der Waals surface area contributed by atoms with E-state index in [-0.39, 0.29) is 0 Å². The second-order valence-corrected chi connectivity index (χ2v) is 2.14. The van der Waals surface area contributed by atoms with Crippen molar-refractivity contribution in [3.63, 3.8) is 0 Å². The highest BCUT2D eigenvalue weighted by Gasteiger charge is 2.21. The van der Waals surface area contributed by atoms with Gasteiger partial charge in [-0.2, -0.15) is 0 Å². The standard InChI is InChI=1S/C5H8N4O4/c6-5(7)8-2(4(11)12)1-3(10)9-13/h2H,1H2,(H,11,12)(H4,6,7,8). The molecule has 0 aromatic heterocycles. The molecule has 0 aromatic rings. The average molecular weight is 188 g/mol. The molecule has 0 rings (SSSR count). The van der Waals surface area contributed by atoms with Crippen molar-refractivity contribution in [2.45, 2.75) is 12.5 Å². The fraction of sp³-hybridized carbons (Fsp3) is 0.400. The van der Waals surface area contributed by atoms with Crippen molar-refractivity contribution in [1.29, 1.82) is 5.41 Å². The van der Waals surface area contributed by atoms with Crippen LogP contribution in [-0.4, -0.2) is 29.0 Å². The minimum Gasteiger partial charge on any atom is -0.480 e. The Morgan fingerprint density at radius 1 is 1.62 bits per heavy atom. The number of rotatable bonds is 4. The molecule has 8 nitrogen and oxygen atoms in total. The summed E-state index contributed by atoms with van der Waals surface area (Å²) in [4.78, 5) is 30.4. The highest BCUT2D eigenvalue weighted by atomic mass is 16.4. The van der Waals surface area contributed by atoms with Gasteiger partial charge in [0.05, 0.1) is 6.42 Å². The van der Waals surface area contributed by atoms with Gasteiger partial charge in [-0.3, -0.25) is 10.2 Å². The highest BCUT2D eigenvalue weighted by molar-refractivity contribution is 5.88. The number of carboxylic acid groups (broad SMARTS) is 1. The third-order valence-electron chi connectivity index (χ3n) is 1.11. The first-order valence-corrected chi connectivity index (χ1v) is 3.17. The van der Waals surface area contributed by atoms with Crippen LogP contribution in [0.4, 0.5) is 0 Å². The number of amides is 1. The van der Waals surface area contributed by atoms with Crippen LogP contribution >= 0.6 is 0 Å². The van der Waals surface area contributed by atoms with Gasteiger partial charge in [-0.1, -0.05) is 0 Å². The quantitative estimate of drug-likeness (QED) is 0.242. The maximum absolute atomic E-state index is 10.4. The van der Waals surface area contributed by atoms with Crippen molar-refractivity contribution >= 4 is 17.8 Å². The molecule has 0 heterocycles. The van der Waals surface area contributed by atoms with Crippen molar-refractivity contribution in [2.24, 2.45) is 10.9 Å². The summed E-state index contributed by atoms with van der Waals surface area (Å²) >= 11 is 0. The van der Waals surface area contributed by atoms with Crippen molar-refractivity contribution in [3.05, 3.63) is 4.91 Å². The third-order valence-corrected chi connectivity index (χ3v) is 1.11. The van der Waals surface area contributed by atoms with Crippen LogP contribution in [0.5, 0.6) is 0 Å². The van der Waals surface area contributed by atoms with Gasteiger partial charge < -0.3 is 16.2 Å². The Bertz CT molecular complexity index is 251. The van der Waals surface area contributed by atoms with Gasteiger partial charge in [0.1, 0.15) is 6.04 Å². The molecule has 0 saturated carbocycles. The molecule has 0 bridgehead atoms. The molecule has 0 fully saturated rings. The Morgan fingerprint density at radius 3 is 2.46 bits per heavy atom. The molecule has 8 heteroatoms. The van der Waals surface area contributed by atoms with Gasteiger partial charge in [-0.15, -0.1) is 4.91 Å². The summed E-state index contributed by atoms with van der Waals surface area (Å²) in [5.41, 5.74) is 4.84. The molecule has 0 spiro atoms. The van der Waals surface area contributed by atoms with Crippen LogP contribution in [0.15, 0.2) is 5.18 Å². The monoisotopic (exact) mass is 188 g/mol.